The number of fused-ring (bicyclic) bond motifs is 9. The van der Waals surface area contributed by atoms with E-state index < -0.39 is 0 Å². The summed E-state index contributed by atoms with van der Waals surface area (Å²) in [6, 6.07) is 66.4. The second kappa shape index (κ2) is 11.1. The number of hydrogen-bond acceptors (Lipinski definition) is 0. The fourth-order valence-electron chi connectivity index (χ4n) is 8.87. The first-order chi connectivity index (χ1) is 26.8. The minimum absolute atomic E-state index is 1.14. The zero-order valence-electron chi connectivity index (χ0n) is 29.3. The summed E-state index contributed by atoms with van der Waals surface area (Å²) >= 11 is 0. The molecule has 0 bridgehead atoms. The van der Waals surface area contributed by atoms with E-state index in [1.807, 2.05) is 0 Å². The van der Waals surface area contributed by atoms with Crippen molar-refractivity contribution in [2.24, 2.45) is 0 Å². The molecule has 0 radical (unpaired) electrons. The molecule has 0 unspecified atom stereocenters. The van der Waals surface area contributed by atoms with Crippen molar-refractivity contribution < 1.29 is 0 Å². The molecular weight excluding hydrogens is 657 g/mol. The zero-order valence-corrected chi connectivity index (χ0v) is 29.3. The molecule has 0 spiro atoms. The molecule has 0 saturated heterocycles. The number of hydrogen-bond donors (Lipinski definition) is 0. The van der Waals surface area contributed by atoms with Gasteiger partial charge in [-0.3, -0.25) is 0 Å². The predicted molar refractivity (Wildman–Crippen MR) is 226 cm³/mol. The summed E-state index contributed by atoms with van der Waals surface area (Å²) in [5.74, 6) is 0. The third-order valence-corrected chi connectivity index (χ3v) is 11.4. The smallest absolute Gasteiger partial charge is 0.0547 e. The number of aromatic nitrogens is 4. The van der Waals surface area contributed by atoms with Crippen LogP contribution in [0.1, 0.15) is 0 Å². The highest BCUT2D eigenvalue weighted by Crippen LogP contribution is 2.36. The van der Waals surface area contributed by atoms with Crippen molar-refractivity contribution in [2.75, 3.05) is 0 Å². The summed E-state index contributed by atoms with van der Waals surface area (Å²) in [7, 11) is 0. The highest BCUT2D eigenvalue weighted by molar-refractivity contribution is 6.14. The van der Waals surface area contributed by atoms with Crippen LogP contribution < -0.4 is 0 Å². The maximum absolute atomic E-state index is 2.40. The number of para-hydroxylation sites is 3. The summed E-state index contributed by atoms with van der Waals surface area (Å²) in [6.07, 6.45) is 4.38. The summed E-state index contributed by atoms with van der Waals surface area (Å²) in [6.45, 7) is 0. The molecule has 0 fully saturated rings. The average molecular weight is 689 g/mol. The van der Waals surface area contributed by atoms with Gasteiger partial charge >= 0.3 is 0 Å². The topological polar surface area (TPSA) is 19.7 Å². The first kappa shape index (κ1) is 29.3. The third-order valence-electron chi connectivity index (χ3n) is 11.4. The lowest BCUT2D eigenvalue weighted by Crippen LogP contribution is -1.97. The highest BCUT2D eigenvalue weighted by atomic mass is 15.0. The van der Waals surface area contributed by atoms with Crippen LogP contribution in [-0.2, 0) is 0 Å². The number of nitrogens with zero attached hydrogens (tertiary/aromatic N) is 4. The molecule has 54 heavy (non-hydrogen) atoms. The van der Waals surface area contributed by atoms with E-state index in [0.717, 1.165) is 22.7 Å². The summed E-state index contributed by atoms with van der Waals surface area (Å²) in [5, 5.41) is 10.0. The molecule has 4 aromatic heterocycles. The molecule has 12 aromatic rings. The van der Waals surface area contributed by atoms with E-state index in [1.54, 1.807) is 0 Å². The maximum Gasteiger partial charge on any atom is 0.0547 e. The molecule has 252 valence electrons. The molecule has 0 amide bonds. The van der Waals surface area contributed by atoms with Gasteiger partial charge in [0, 0.05) is 67.5 Å². The van der Waals surface area contributed by atoms with Gasteiger partial charge in [0.1, 0.15) is 0 Å². The van der Waals surface area contributed by atoms with Crippen molar-refractivity contribution in [3.63, 3.8) is 0 Å². The largest absolute Gasteiger partial charge is 0.317 e. The standard InChI is InChI=1S/C50H32N4/c1-2-10-34-30-50-44(29-33(34)9-1)43-13-5-8-16-47(43)54(50)40-23-19-38(20-24-40)52-28-26-36-31-48-35(32-49(36)52)25-27-51(48)37-17-21-39(22-18-37)53-45-14-6-3-11-41(45)42-12-4-7-15-46(42)53/h1-32H. The van der Waals surface area contributed by atoms with Crippen LogP contribution in [0.4, 0.5) is 0 Å². The highest BCUT2D eigenvalue weighted by Gasteiger charge is 2.15. The zero-order chi connectivity index (χ0) is 35.3. The summed E-state index contributed by atoms with van der Waals surface area (Å²) in [4.78, 5) is 0. The van der Waals surface area contributed by atoms with Gasteiger partial charge in [0.15, 0.2) is 0 Å². The Morgan fingerprint density at radius 1 is 0.241 bits per heavy atom. The molecular formula is C50H32N4. The van der Waals surface area contributed by atoms with Gasteiger partial charge in [-0.05, 0) is 114 Å². The van der Waals surface area contributed by atoms with E-state index in [2.05, 4.69) is 213 Å². The molecule has 0 saturated carbocycles. The van der Waals surface area contributed by atoms with Crippen LogP contribution in [0.25, 0.3) is 98.9 Å². The Morgan fingerprint density at radius 3 is 1.11 bits per heavy atom. The predicted octanol–water partition coefficient (Wildman–Crippen LogP) is 12.9. The van der Waals surface area contributed by atoms with Crippen molar-refractivity contribution in [1.82, 2.24) is 18.3 Å². The van der Waals surface area contributed by atoms with Crippen LogP contribution in [0, 0.1) is 0 Å². The van der Waals surface area contributed by atoms with Gasteiger partial charge in [-0.25, -0.2) is 0 Å². The molecule has 4 heteroatoms. The second-order valence-corrected chi connectivity index (χ2v) is 14.3. The lowest BCUT2D eigenvalue weighted by atomic mass is 10.1. The average Bonchev–Trinajstić information content (AvgIpc) is 4.00. The first-order valence-electron chi connectivity index (χ1n) is 18.5. The normalized spacial score (nSPS) is 12.1. The van der Waals surface area contributed by atoms with Gasteiger partial charge in [-0.1, -0.05) is 78.9 Å². The molecule has 0 aliphatic heterocycles. The number of benzene rings is 8. The van der Waals surface area contributed by atoms with E-state index in [9.17, 15) is 0 Å². The van der Waals surface area contributed by atoms with Crippen LogP contribution in [0.2, 0.25) is 0 Å². The lowest BCUT2D eigenvalue weighted by Gasteiger charge is -2.12. The Hall–Kier alpha value is -7.30. The van der Waals surface area contributed by atoms with Crippen molar-refractivity contribution in [2.45, 2.75) is 0 Å². The third kappa shape index (κ3) is 4.19. The van der Waals surface area contributed by atoms with E-state index in [4.69, 9.17) is 0 Å². The molecule has 0 atom stereocenters. The Morgan fingerprint density at radius 2 is 0.611 bits per heavy atom. The van der Waals surface area contributed by atoms with Crippen molar-refractivity contribution >= 4 is 76.2 Å². The van der Waals surface area contributed by atoms with Gasteiger partial charge in [-0.2, -0.15) is 0 Å². The van der Waals surface area contributed by atoms with Gasteiger partial charge in [0.25, 0.3) is 0 Å². The minimum Gasteiger partial charge on any atom is -0.317 e. The van der Waals surface area contributed by atoms with Gasteiger partial charge in [0.05, 0.1) is 33.1 Å². The summed E-state index contributed by atoms with van der Waals surface area (Å²) < 4.78 is 9.36. The van der Waals surface area contributed by atoms with E-state index in [-0.39, 0.29) is 0 Å². The van der Waals surface area contributed by atoms with Crippen LogP contribution in [0.3, 0.4) is 0 Å². The van der Waals surface area contributed by atoms with Crippen molar-refractivity contribution in [1.29, 1.82) is 0 Å². The quantitative estimate of drug-likeness (QED) is 0.175. The van der Waals surface area contributed by atoms with Crippen molar-refractivity contribution in [3.05, 3.63) is 194 Å². The molecule has 4 nitrogen and oxygen atoms in total. The molecule has 0 aliphatic rings. The Labute approximate surface area is 310 Å². The first-order valence-corrected chi connectivity index (χ1v) is 18.5. The van der Waals surface area contributed by atoms with Crippen LogP contribution in [0.15, 0.2) is 194 Å². The second-order valence-electron chi connectivity index (χ2n) is 14.3. The van der Waals surface area contributed by atoms with Crippen LogP contribution >= 0.6 is 0 Å². The minimum atomic E-state index is 1.14. The van der Waals surface area contributed by atoms with E-state index in [0.29, 0.717) is 0 Å². The fraction of sp³-hybridized carbons (Fsp3) is 0. The van der Waals surface area contributed by atoms with Gasteiger partial charge in [-0.15, -0.1) is 0 Å². The number of rotatable bonds is 4. The van der Waals surface area contributed by atoms with E-state index in [1.165, 1.54) is 76.2 Å². The van der Waals surface area contributed by atoms with Gasteiger partial charge in [0.2, 0.25) is 0 Å². The molecule has 12 rings (SSSR count). The Kier molecular flexibility index (Phi) is 6.02. The Bertz CT molecular complexity index is 3370. The molecule has 8 aromatic carbocycles. The summed E-state index contributed by atoms with van der Waals surface area (Å²) in [5.41, 5.74) is 11.9. The molecule has 0 N–H and O–H groups in total. The monoisotopic (exact) mass is 688 g/mol. The Balaban J connectivity index is 0.908. The SMILES string of the molecule is c1ccc2cc3c(cc2c1)c1ccccc1n3-c1ccc(-n2ccc3cc4c(ccn4-c4ccc(-n5c6ccccc6c6ccccc65)cc4)cc32)cc1. The maximum atomic E-state index is 2.40. The van der Waals surface area contributed by atoms with Crippen LogP contribution in [0.5, 0.6) is 0 Å². The van der Waals surface area contributed by atoms with Gasteiger partial charge < -0.3 is 18.3 Å². The molecule has 0 aliphatic carbocycles. The van der Waals surface area contributed by atoms with E-state index >= 15 is 0 Å². The molecule has 4 heterocycles. The lowest BCUT2D eigenvalue weighted by molar-refractivity contribution is 1.11. The van der Waals surface area contributed by atoms with Crippen molar-refractivity contribution in [3.8, 4) is 22.7 Å². The fourth-order valence-corrected chi connectivity index (χ4v) is 8.87. The van der Waals surface area contributed by atoms with Crippen LogP contribution in [-0.4, -0.2) is 18.3 Å².